The van der Waals surface area contributed by atoms with Gasteiger partial charge in [0.25, 0.3) is 0 Å². The monoisotopic (exact) mass is 256 g/mol. The quantitative estimate of drug-likeness (QED) is 0.876. The molecule has 90 valence electrons. The number of nitrogens with one attached hydrogen (secondary N) is 1. The molecule has 0 fully saturated rings. The lowest BCUT2D eigenvalue weighted by Gasteiger charge is -2.01. The van der Waals surface area contributed by atoms with E-state index in [0.717, 1.165) is 0 Å². The third kappa shape index (κ3) is 2.92. The SMILES string of the molecule is NCCc1nnc(Nc2ccc(Cl)c(F)c2)o1. The van der Waals surface area contributed by atoms with E-state index >= 15 is 0 Å². The Labute approximate surface area is 102 Å². The first-order valence-electron chi connectivity index (χ1n) is 4.93. The molecular formula is C10H10ClFN4O. The van der Waals surface area contributed by atoms with Crippen LogP contribution in [0.2, 0.25) is 5.02 Å². The first-order valence-corrected chi connectivity index (χ1v) is 5.31. The lowest BCUT2D eigenvalue weighted by atomic mass is 10.3. The van der Waals surface area contributed by atoms with Crippen LogP contribution in [0.4, 0.5) is 16.1 Å². The number of anilines is 2. The summed E-state index contributed by atoms with van der Waals surface area (Å²) in [6.45, 7) is 0.428. The minimum absolute atomic E-state index is 0.0601. The molecule has 3 N–H and O–H groups in total. The summed E-state index contributed by atoms with van der Waals surface area (Å²) < 4.78 is 18.4. The van der Waals surface area contributed by atoms with Gasteiger partial charge in [-0.15, -0.1) is 5.10 Å². The van der Waals surface area contributed by atoms with E-state index in [4.69, 9.17) is 21.8 Å². The van der Waals surface area contributed by atoms with Gasteiger partial charge in [0.15, 0.2) is 0 Å². The van der Waals surface area contributed by atoms with Gasteiger partial charge in [-0.25, -0.2) is 4.39 Å². The summed E-state index contributed by atoms with van der Waals surface area (Å²) in [7, 11) is 0. The molecule has 2 aromatic rings. The zero-order valence-electron chi connectivity index (χ0n) is 8.78. The number of nitrogens with two attached hydrogens (primary N) is 1. The van der Waals surface area contributed by atoms with E-state index in [1.807, 2.05) is 0 Å². The van der Waals surface area contributed by atoms with Crippen molar-refractivity contribution in [3.05, 3.63) is 34.9 Å². The van der Waals surface area contributed by atoms with E-state index in [-0.39, 0.29) is 11.0 Å². The van der Waals surface area contributed by atoms with E-state index in [9.17, 15) is 4.39 Å². The molecule has 0 saturated heterocycles. The Morgan fingerprint density at radius 1 is 1.41 bits per heavy atom. The van der Waals surface area contributed by atoms with Crippen molar-refractivity contribution in [2.75, 3.05) is 11.9 Å². The van der Waals surface area contributed by atoms with Crippen LogP contribution in [0, 0.1) is 5.82 Å². The normalized spacial score (nSPS) is 10.5. The fourth-order valence-corrected chi connectivity index (χ4v) is 1.34. The molecule has 0 amide bonds. The van der Waals surface area contributed by atoms with Crippen LogP contribution in [-0.4, -0.2) is 16.7 Å². The highest BCUT2D eigenvalue weighted by Gasteiger charge is 2.07. The number of benzene rings is 1. The summed E-state index contributed by atoms with van der Waals surface area (Å²) in [5.41, 5.74) is 5.83. The molecule has 2 rings (SSSR count). The second kappa shape index (κ2) is 5.11. The molecule has 7 heteroatoms. The smallest absolute Gasteiger partial charge is 0.320 e. The van der Waals surface area contributed by atoms with Crippen molar-refractivity contribution in [2.45, 2.75) is 6.42 Å². The highest BCUT2D eigenvalue weighted by Crippen LogP contribution is 2.21. The summed E-state index contributed by atoms with van der Waals surface area (Å²) in [6.07, 6.45) is 0.504. The van der Waals surface area contributed by atoms with E-state index in [0.29, 0.717) is 24.5 Å². The van der Waals surface area contributed by atoms with E-state index < -0.39 is 5.82 Å². The van der Waals surface area contributed by atoms with Crippen LogP contribution in [0.3, 0.4) is 0 Å². The molecule has 0 bridgehead atoms. The van der Waals surface area contributed by atoms with Crippen molar-refractivity contribution in [2.24, 2.45) is 5.73 Å². The average Bonchev–Trinajstić information content (AvgIpc) is 2.72. The molecule has 0 unspecified atom stereocenters. The molecule has 1 aromatic heterocycles. The Morgan fingerprint density at radius 2 is 2.24 bits per heavy atom. The predicted octanol–water partition coefficient (Wildman–Crippen LogP) is 2.11. The summed E-state index contributed by atoms with van der Waals surface area (Å²) >= 11 is 5.56. The Bertz CT molecular complexity index is 517. The first kappa shape index (κ1) is 11.8. The van der Waals surface area contributed by atoms with Gasteiger partial charge in [0.05, 0.1) is 5.02 Å². The number of nitrogens with zero attached hydrogens (tertiary/aromatic N) is 2. The van der Waals surface area contributed by atoms with Gasteiger partial charge in [-0.3, -0.25) is 0 Å². The molecule has 0 saturated carbocycles. The van der Waals surface area contributed by atoms with E-state index in [2.05, 4.69) is 15.5 Å². The Balaban J connectivity index is 2.11. The fraction of sp³-hybridized carbons (Fsp3) is 0.200. The van der Waals surface area contributed by atoms with Crippen molar-refractivity contribution in [3.63, 3.8) is 0 Å². The Hall–Kier alpha value is -1.66. The van der Waals surface area contributed by atoms with Gasteiger partial charge in [-0.1, -0.05) is 16.7 Å². The van der Waals surface area contributed by atoms with Gasteiger partial charge >= 0.3 is 6.01 Å². The van der Waals surface area contributed by atoms with E-state index in [1.165, 1.54) is 12.1 Å². The van der Waals surface area contributed by atoms with Gasteiger partial charge in [0, 0.05) is 18.7 Å². The fourth-order valence-electron chi connectivity index (χ4n) is 1.23. The molecule has 0 aliphatic carbocycles. The minimum Gasteiger partial charge on any atom is -0.408 e. The summed E-state index contributed by atoms with van der Waals surface area (Å²) in [4.78, 5) is 0. The highest BCUT2D eigenvalue weighted by molar-refractivity contribution is 6.30. The third-order valence-electron chi connectivity index (χ3n) is 2.00. The number of rotatable bonds is 4. The van der Waals surface area contributed by atoms with Crippen molar-refractivity contribution in [3.8, 4) is 0 Å². The lowest BCUT2D eigenvalue weighted by molar-refractivity contribution is 0.509. The third-order valence-corrected chi connectivity index (χ3v) is 2.30. The molecule has 0 aliphatic heterocycles. The number of hydrogen-bond acceptors (Lipinski definition) is 5. The lowest BCUT2D eigenvalue weighted by Crippen LogP contribution is -2.02. The molecule has 0 aliphatic rings. The first-order chi connectivity index (χ1) is 8.19. The van der Waals surface area contributed by atoms with Crippen LogP contribution < -0.4 is 11.1 Å². The number of aromatic nitrogens is 2. The largest absolute Gasteiger partial charge is 0.408 e. The molecule has 1 heterocycles. The van der Waals surface area contributed by atoms with Crippen molar-refractivity contribution < 1.29 is 8.81 Å². The van der Waals surface area contributed by atoms with Gasteiger partial charge in [0.2, 0.25) is 5.89 Å². The van der Waals surface area contributed by atoms with Gasteiger partial charge in [0.1, 0.15) is 5.82 Å². The second-order valence-corrected chi connectivity index (χ2v) is 3.70. The summed E-state index contributed by atoms with van der Waals surface area (Å²) in [5.74, 6) is -0.0807. The van der Waals surface area contributed by atoms with Crippen molar-refractivity contribution in [1.82, 2.24) is 10.2 Å². The predicted molar refractivity (Wildman–Crippen MR) is 61.7 cm³/mol. The number of halogens is 2. The maximum Gasteiger partial charge on any atom is 0.320 e. The molecule has 5 nitrogen and oxygen atoms in total. The zero-order chi connectivity index (χ0) is 12.3. The van der Waals surface area contributed by atoms with Crippen LogP contribution in [0.15, 0.2) is 22.6 Å². The van der Waals surface area contributed by atoms with Crippen LogP contribution in [0.5, 0.6) is 0 Å². The van der Waals surface area contributed by atoms with Crippen LogP contribution in [0.25, 0.3) is 0 Å². The molecule has 17 heavy (non-hydrogen) atoms. The average molecular weight is 257 g/mol. The van der Waals surface area contributed by atoms with Gasteiger partial charge in [-0.2, -0.15) is 0 Å². The van der Waals surface area contributed by atoms with Crippen molar-refractivity contribution in [1.29, 1.82) is 0 Å². The zero-order valence-corrected chi connectivity index (χ0v) is 9.54. The van der Waals surface area contributed by atoms with E-state index in [1.54, 1.807) is 6.07 Å². The topological polar surface area (TPSA) is 77.0 Å². The molecule has 0 atom stereocenters. The van der Waals surface area contributed by atoms with Crippen LogP contribution in [0.1, 0.15) is 5.89 Å². The molecular weight excluding hydrogens is 247 g/mol. The highest BCUT2D eigenvalue weighted by atomic mass is 35.5. The van der Waals surface area contributed by atoms with Gasteiger partial charge in [-0.05, 0) is 18.2 Å². The maximum atomic E-state index is 13.2. The minimum atomic E-state index is -0.515. The number of hydrogen-bond donors (Lipinski definition) is 2. The summed E-state index contributed by atoms with van der Waals surface area (Å²) in [6, 6.07) is 4.49. The summed E-state index contributed by atoms with van der Waals surface area (Å²) in [5, 5.41) is 10.3. The standard InChI is InChI=1S/C10H10ClFN4O/c11-7-2-1-6(5-8(7)12)14-10-16-15-9(17-10)3-4-13/h1-2,5H,3-4,13H2,(H,14,16). The van der Waals surface area contributed by atoms with Crippen LogP contribution >= 0.6 is 11.6 Å². The Morgan fingerprint density at radius 3 is 2.94 bits per heavy atom. The molecule has 1 aromatic carbocycles. The van der Waals surface area contributed by atoms with Gasteiger partial charge < -0.3 is 15.5 Å². The second-order valence-electron chi connectivity index (χ2n) is 3.29. The molecule has 0 spiro atoms. The Kier molecular flexibility index (Phi) is 3.55. The van der Waals surface area contributed by atoms with Crippen molar-refractivity contribution >= 4 is 23.3 Å². The maximum absolute atomic E-state index is 13.2. The van der Waals surface area contributed by atoms with Crippen LogP contribution in [-0.2, 0) is 6.42 Å². The molecule has 0 radical (unpaired) electrons.